The van der Waals surface area contributed by atoms with Crippen molar-refractivity contribution >= 4 is 29.2 Å². The minimum Gasteiger partial charge on any atom is -0.481 e. The van der Waals surface area contributed by atoms with Gasteiger partial charge in [0.2, 0.25) is 0 Å². The summed E-state index contributed by atoms with van der Waals surface area (Å²) in [7, 11) is 0. The van der Waals surface area contributed by atoms with Crippen LogP contribution in [0.1, 0.15) is 18.1 Å². The van der Waals surface area contributed by atoms with Crippen LogP contribution in [0.5, 0.6) is 0 Å². The zero-order chi connectivity index (χ0) is 15.9. The second-order valence-corrected chi connectivity index (χ2v) is 5.46. The predicted octanol–water partition coefficient (Wildman–Crippen LogP) is 1.89. The van der Waals surface area contributed by atoms with Crippen molar-refractivity contribution in [1.82, 2.24) is 15.0 Å². The number of hydrogen-bond acceptors (Lipinski definition) is 6. The highest BCUT2D eigenvalue weighted by Gasteiger charge is 2.49. The minimum absolute atomic E-state index is 0.105. The van der Waals surface area contributed by atoms with E-state index in [1.165, 1.54) is 12.5 Å². The lowest BCUT2D eigenvalue weighted by molar-refractivity contribution is -0.142. The molecule has 1 atom stereocenters. The number of aromatic nitrogens is 3. The third-order valence-corrected chi connectivity index (χ3v) is 3.97. The molecule has 0 saturated heterocycles. The Hall–Kier alpha value is -2.72. The second kappa shape index (κ2) is 4.93. The average molecular weight is 316 g/mol. The number of aliphatic carboxylic acids is 1. The van der Waals surface area contributed by atoms with Crippen LogP contribution in [-0.4, -0.2) is 32.6 Å². The van der Waals surface area contributed by atoms with Gasteiger partial charge in [-0.1, -0.05) is 11.6 Å². The lowest BCUT2D eigenvalue weighted by Crippen LogP contribution is -2.37. The monoisotopic (exact) mass is 315 g/mol. The van der Waals surface area contributed by atoms with E-state index in [9.17, 15) is 9.90 Å². The molecule has 0 bridgehead atoms. The molecule has 0 aromatic carbocycles. The van der Waals surface area contributed by atoms with Crippen LogP contribution >= 0.6 is 11.6 Å². The molecular weight excluding hydrogens is 306 g/mol. The van der Waals surface area contributed by atoms with Crippen LogP contribution in [-0.2, 0) is 10.2 Å². The van der Waals surface area contributed by atoms with Crippen LogP contribution in [0.15, 0.2) is 24.7 Å². The summed E-state index contributed by atoms with van der Waals surface area (Å²) in [6.45, 7) is 1.68. The lowest BCUT2D eigenvalue weighted by atomic mass is 9.86. The summed E-state index contributed by atoms with van der Waals surface area (Å²) >= 11 is 6.10. The standard InChI is InChI=1S/C14H10ClN5O2/c1-14(13(21)22)6-20(9-4-8(5-16)2-3-17-9)12-10(14)11(15)18-7-19-12/h2-4,7H,6H2,1H3,(H,21,22). The van der Waals surface area contributed by atoms with Gasteiger partial charge in [-0.05, 0) is 19.1 Å². The molecule has 3 rings (SSSR count). The highest BCUT2D eigenvalue weighted by molar-refractivity contribution is 6.31. The first-order valence-electron chi connectivity index (χ1n) is 6.35. The summed E-state index contributed by atoms with van der Waals surface area (Å²) in [6.07, 6.45) is 2.77. The molecule has 1 unspecified atom stereocenters. The average Bonchev–Trinajstić information content (AvgIpc) is 2.83. The minimum atomic E-state index is -1.25. The maximum Gasteiger partial charge on any atom is 0.315 e. The van der Waals surface area contributed by atoms with E-state index in [-0.39, 0.29) is 11.7 Å². The number of carbonyl (C=O) groups is 1. The molecule has 8 heteroatoms. The van der Waals surface area contributed by atoms with E-state index in [2.05, 4.69) is 15.0 Å². The summed E-state index contributed by atoms with van der Waals surface area (Å²) in [5.74, 6) is -0.183. The van der Waals surface area contributed by atoms with E-state index in [0.717, 1.165) is 0 Å². The highest BCUT2D eigenvalue weighted by Crippen LogP contribution is 2.45. The van der Waals surface area contributed by atoms with Gasteiger partial charge in [0.1, 0.15) is 28.5 Å². The molecule has 1 aliphatic rings. The number of nitriles is 1. The summed E-state index contributed by atoms with van der Waals surface area (Å²) in [6, 6.07) is 5.18. The van der Waals surface area contributed by atoms with Crippen molar-refractivity contribution in [2.45, 2.75) is 12.3 Å². The summed E-state index contributed by atoms with van der Waals surface area (Å²) in [5.41, 5.74) is -0.471. The molecule has 1 aliphatic heterocycles. The third-order valence-electron chi connectivity index (χ3n) is 3.69. The second-order valence-electron chi connectivity index (χ2n) is 5.10. The Bertz CT molecular complexity index is 819. The van der Waals surface area contributed by atoms with Gasteiger partial charge < -0.3 is 10.0 Å². The first kappa shape index (κ1) is 14.2. The molecule has 0 amide bonds. The largest absolute Gasteiger partial charge is 0.481 e. The van der Waals surface area contributed by atoms with Crippen LogP contribution in [0.4, 0.5) is 11.6 Å². The first-order chi connectivity index (χ1) is 10.5. The van der Waals surface area contributed by atoms with Gasteiger partial charge in [0.15, 0.2) is 0 Å². The summed E-state index contributed by atoms with van der Waals surface area (Å²) in [5, 5.41) is 18.7. The van der Waals surface area contributed by atoms with Crippen LogP contribution in [0.3, 0.4) is 0 Å². The number of nitrogens with zero attached hydrogens (tertiary/aromatic N) is 5. The zero-order valence-electron chi connectivity index (χ0n) is 11.5. The molecule has 0 spiro atoms. The van der Waals surface area contributed by atoms with E-state index in [1.807, 2.05) is 6.07 Å². The number of carboxylic acid groups (broad SMARTS) is 1. The Morgan fingerprint density at radius 1 is 1.50 bits per heavy atom. The Balaban J connectivity index is 2.19. The third kappa shape index (κ3) is 1.96. The fraction of sp³-hybridized carbons (Fsp3) is 0.214. The van der Waals surface area contributed by atoms with Gasteiger partial charge in [-0.15, -0.1) is 0 Å². The molecule has 2 aromatic rings. The molecule has 2 aromatic heterocycles. The highest BCUT2D eigenvalue weighted by atomic mass is 35.5. The number of pyridine rings is 1. The van der Waals surface area contributed by atoms with E-state index < -0.39 is 11.4 Å². The number of fused-ring (bicyclic) bond motifs is 1. The first-order valence-corrected chi connectivity index (χ1v) is 6.73. The van der Waals surface area contributed by atoms with Crippen molar-refractivity contribution in [3.63, 3.8) is 0 Å². The van der Waals surface area contributed by atoms with Crippen molar-refractivity contribution in [3.05, 3.63) is 40.9 Å². The van der Waals surface area contributed by atoms with Crippen molar-refractivity contribution in [2.75, 3.05) is 11.4 Å². The van der Waals surface area contributed by atoms with Crippen LogP contribution < -0.4 is 4.90 Å². The molecule has 0 radical (unpaired) electrons. The van der Waals surface area contributed by atoms with Crippen molar-refractivity contribution in [1.29, 1.82) is 5.26 Å². The Morgan fingerprint density at radius 3 is 2.95 bits per heavy atom. The van der Waals surface area contributed by atoms with E-state index in [1.54, 1.807) is 24.0 Å². The quantitative estimate of drug-likeness (QED) is 0.844. The molecular formula is C14H10ClN5O2. The molecule has 110 valence electrons. The lowest BCUT2D eigenvalue weighted by Gasteiger charge is -2.21. The van der Waals surface area contributed by atoms with Crippen LogP contribution in [0, 0.1) is 11.3 Å². The maximum absolute atomic E-state index is 11.7. The summed E-state index contributed by atoms with van der Waals surface area (Å²) < 4.78 is 0. The van der Waals surface area contributed by atoms with Gasteiger partial charge in [-0.3, -0.25) is 4.79 Å². The molecule has 0 fully saturated rings. The Kier molecular flexibility index (Phi) is 3.19. The maximum atomic E-state index is 11.7. The van der Waals surface area contributed by atoms with Gasteiger partial charge in [0.25, 0.3) is 0 Å². The topological polar surface area (TPSA) is 103 Å². The van der Waals surface area contributed by atoms with Gasteiger partial charge in [-0.2, -0.15) is 5.26 Å². The van der Waals surface area contributed by atoms with Crippen molar-refractivity contribution in [3.8, 4) is 6.07 Å². The SMILES string of the molecule is CC1(C(=O)O)CN(c2cc(C#N)ccn2)c2ncnc(Cl)c21. The predicted molar refractivity (Wildman–Crippen MR) is 78.0 cm³/mol. The number of anilines is 2. The molecule has 0 aliphatic carbocycles. The number of hydrogen-bond donors (Lipinski definition) is 1. The van der Waals surface area contributed by atoms with Crippen molar-refractivity contribution in [2.24, 2.45) is 0 Å². The number of rotatable bonds is 2. The van der Waals surface area contributed by atoms with Gasteiger partial charge >= 0.3 is 5.97 Å². The molecule has 3 heterocycles. The van der Waals surface area contributed by atoms with Gasteiger partial charge in [0.05, 0.1) is 17.2 Å². The zero-order valence-corrected chi connectivity index (χ0v) is 12.2. The van der Waals surface area contributed by atoms with E-state index in [4.69, 9.17) is 16.9 Å². The van der Waals surface area contributed by atoms with Crippen LogP contribution in [0.2, 0.25) is 5.15 Å². The smallest absolute Gasteiger partial charge is 0.315 e. The Labute approximate surface area is 130 Å². The fourth-order valence-electron chi connectivity index (χ4n) is 2.50. The normalized spacial score (nSPS) is 19.6. The molecule has 22 heavy (non-hydrogen) atoms. The number of halogens is 1. The van der Waals surface area contributed by atoms with Gasteiger partial charge in [-0.25, -0.2) is 15.0 Å². The van der Waals surface area contributed by atoms with E-state index in [0.29, 0.717) is 22.8 Å². The van der Waals surface area contributed by atoms with Gasteiger partial charge in [0, 0.05) is 12.7 Å². The van der Waals surface area contributed by atoms with E-state index >= 15 is 0 Å². The fourth-order valence-corrected chi connectivity index (χ4v) is 2.84. The molecule has 1 N–H and O–H groups in total. The van der Waals surface area contributed by atoms with Crippen LogP contribution in [0.25, 0.3) is 0 Å². The number of carboxylic acids is 1. The Morgan fingerprint density at radius 2 is 2.27 bits per heavy atom. The molecule has 7 nitrogen and oxygen atoms in total. The van der Waals surface area contributed by atoms with Crippen molar-refractivity contribution < 1.29 is 9.90 Å². The molecule has 0 saturated carbocycles. The summed E-state index contributed by atoms with van der Waals surface area (Å²) in [4.78, 5) is 25.6.